The summed E-state index contributed by atoms with van der Waals surface area (Å²) in [6.07, 6.45) is 4.66. The van der Waals surface area contributed by atoms with Gasteiger partial charge in [-0.05, 0) is 105 Å². The van der Waals surface area contributed by atoms with Gasteiger partial charge in [-0.3, -0.25) is 9.44 Å². The van der Waals surface area contributed by atoms with E-state index >= 15 is 0 Å². The van der Waals surface area contributed by atoms with Crippen molar-refractivity contribution in [1.82, 2.24) is 20.2 Å². The lowest BCUT2D eigenvalue weighted by molar-refractivity contribution is 0.0897. The average molecular weight is 909 g/mol. The molecule has 0 saturated carbocycles. The number of sulfonamides is 2. The summed E-state index contributed by atoms with van der Waals surface area (Å²) in [5, 5.41) is 9.36. The molecule has 4 heterocycles. The lowest BCUT2D eigenvalue weighted by Gasteiger charge is -2.36. The van der Waals surface area contributed by atoms with Gasteiger partial charge < -0.3 is 28.9 Å². The molecule has 2 fully saturated rings. The monoisotopic (exact) mass is 908 g/mol. The third-order valence-corrected chi connectivity index (χ3v) is 23.8. The van der Waals surface area contributed by atoms with E-state index in [-0.39, 0.29) is 27.8 Å². The number of rotatable bonds is 12. The second-order valence-electron chi connectivity index (χ2n) is 18.0. The van der Waals surface area contributed by atoms with Crippen LogP contribution in [0.1, 0.15) is 72.8 Å². The molecule has 336 valence electrons. The number of pyridine rings is 2. The molecule has 2 aliphatic heterocycles. The molecule has 15 nitrogen and oxygen atoms in total. The van der Waals surface area contributed by atoms with Gasteiger partial charge >= 0.3 is 6.09 Å². The van der Waals surface area contributed by atoms with Crippen LogP contribution in [0.4, 0.5) is 16.4 Å². The highest BCUT2D eigenvalue weighted by Gasteiger charge is 2.40. The molecule has 0 bridgehead atoms. The number of aliphatic hydroxyl groups is 1. The number of ether oxygens (including phenoxy) is 1. The van der Waals surface area contributed by atoms with Crippen LogP contribution in [0.15, 0.2) is 67.0 Å². The van der Waals surface area contributed by atoms with E-state index in [4.69, 9.17) is 18.7 Å². The van der Waals surface area contributed by atoms with E-state index in [1.807, 2.05) is 30.3 Å². The lowest BCUT2D eigenvalue weighted by atomic mass is 10.1. The smallest absolute Gasteiger partial charge is 0.410 e. The first-order valence-corrected chi connectivity index (χ1v) is 29.2. The molecule has 5 rings (SSSR count). The van der Waals surface area contributed by atoms with Crippen LogP contribution in [-0.4, -0.2) is 103 Å². The molecule has 0 aliphatic carbocycles. The molecule has 2 saturated heterocycles. The standard InChI is InChI=1S/C24H35N3O5SSi.C16H29N3O3SSi.CH4O/c1-24(2,3)34(4,5)32-20-11-12-22(25-17-20)26-33(29,30)21-13-15-27(16-14-21)23(28)31-18-19-9-7-6-8-10-19;1-16(2,3)24(4,5)22-13-6-7-15(18-12-13)19-23(20,21)14-8-10-17-11-9-14;1-2/h6-12,17,21H,13-16,18H2,1-5H3,(H,25,26);6-7,12,14,17H,8-11H2,1-5H3,(H,18,19);2H,1H3. The van der Waals surface area contributed by atoms with Gasteiger partial charge in [-0.1, -0.05) is 71.9 Å². The zero-order valence-electron chi connectivity index (χ0n) is 37.2. The van der Waals surface area contributed by atoms with E-state index in [9.17, 15) is 21.6 Å². The van der Waals surface area contributed by atoms with Crippen molar-refractivity contribution in [2.75, 3.05) is 42.7 Å². The second-order valence-corrected chi connectivity index (χ2v) is 31.3. The van der Waals surface area contributed by atoms with Crippen molar-refractivity contribution >= 4 is 54.4 Å². The van der Waals surface area contributed by atoms with Crippen LogP contribution in [0.3, 0.4) is 0 Å². The minimum atomic E-state index is -3.64. The number of nitrogens with one attached hydrogen (secondary N) is 3. The number of hydrogen-bond acceptors (Lipinski definition) is 12. The van der Waals surface area contributed by atoms with Gasteiger partial charge in [0.25, 0.3) is 16.6 Å². The first-order valence-electron chi connectivity index (χ1n) is 20.3. The summed E-state index contributed by atoms with van der Waals surface area (Å²) >= 11 is 0. The van der Waals surface area contributed by atoms with Gasteiger partial charge in [0.15, 0.2) is 0 Å². The summed E-state index contributed by atoms with van der Waals surface area (Å²) in [4.78, 5) is 22.3. The van der Waals surface area contributed by atoms with E-state index in [1.165, 1.54) is 0 Å². The van der Waals surface area contributed by atoms with Gasteiger partial charge in [0.05, 0.1) is 22.9 Å². The lowest BCUT2D eigenvalue weighted by Crippen LogP contribution is -2.44. The van der Waals surface area contributed by atoms with Crippen molar-refractivity contribution < 1.29 is 40.3 Å². The number of anilines is 2. The quantitative estimate of drug-likeness (QED) is 0.130. The Kier molecular flexibility index (Phi) is 18.0. The number of hydrogen-bond donors (Lipinski definition) is 4. The normalized spacial score (nSPS) is 16.0. The van der Waals surface area contributed by atoms with Crippen molar-refractivity contribution in [3.63, 3.8) is 0 Å². The van der Waals surface area contributed by atoms with E-state index in [0.717, 1.165) is 25.8 Å². The van der Waals surface area contributed by atoms with Crippen LogP contribution in [0.2, 0.25) is 36.3 Å². The van der Waals surface area contributed by atoms with E-state index < -0.39 is 48.0 Å². The summed E-state index contributed by atoms with van der Waals surface area (Å²) in [7, 11) is -9.95. The summed E-state index contributed by atoms with van der Waals surface area (Å²) < 4.78 is 73.4. The molecule has 2 aliphatic rings. The fraction of sp³-hybridized carbons (Fsp3) is 0.585. The molecule has 2 aromatic heterocycles. The maximum absolute atomic E-state index is 12.9. The van der Waals surface area contributed by atoms with Crippen molar-refractivity contribution in [3.8, 4) is 11.5 Å². The molecular formula is C41H68N6O9S2Si2. The number of piperidine rings is 2. The van der Waals surface area contributed by atoms with Crippen LogP contribution in [0.5, 0.6) is 11.5 Å². The van der Waals surface area contributed by atoms with Crippen LogP contribution in [-0.2, 0) is 31.4 Å². The summed E-state index contributed by atoms with van der Waals surface area (Å²) in [5.41, 5.74) is 0.908. The molecule has 0 atom stereocenters. The molecule has 0 radical (unpaired) electrons. The number of likely N-dealkylation sites (tertiary alicyclic amines) is 1. The number of carbonyl (C=O) groups is 1. The zero-order valence-corrected chi connectivity index (χ0v) is 40.9. The Morgan fingerprint density at radius 2 is 1.13 bits per heavy atom. The highest BCUT2D eigenvalue weighted by atomic mass is 32.2. The number of aromatic nitrogens is 2. The first-order chi connectivity index (χ1) is 27.9. The van der Waals surface area contributed by atoms with Gasteiger partial charge in [-0.25, -0.2) is 31.6 Å². The topological polar surface area (TPSA) is 198 Å². The minimum Gasteiger partial charge on any atom is -0.542 e. The SMILES string of the molecule is CC(C)(C)[Si](C)(C)Oc1ccc(NS(=O)(=O)C2CCN(C(=O)OCc3ccccc3)CC2)nc1.CC(C)(C)[Si](C)(C)Oc1ccc(NS(=O)(=O)C2CCNCC2)nc1.CO. The highest BCUT2D eigenvalue weighted by molar-refractivity contribution is 7.93. The van der Waals surface area contributed by atoms with Gasteiger partial charge in [0.1, 0.15) is 29.7 Å². The molecule has 1 amide bonds. The predicted octanol–water partition coefficient (Wildman–Crippen LogP) is 7.58. The fourth-order valence-electron chi connectivity index (χ4n) is 5.62. The third kappa shape index (κ3) is 15.0. The Hall–Kier alpha value is -3.76. The summed E-state index contributed by atoms with van der Waals surface area (Å²) in [6.45, 7) is 23.9. The number of aliphatic hydroxyl groups excluding tert-OH is 1. The van der Waals surface area contributed by atoms with Gasteiger partial charge in [0, 0.05) is 20.2 Å². The Labute approximate surface area is 360 Å². The number of benzene rings is 1. The highest BCUT2D eigenvalue weighted by Crippen LogP contribution is 2.38. The largest absolute Gasteiger partial charge is 0.542 e. The Balaban J connectivity index is 0.000000325. The molecule has 4 N–H and O–H groups in total. The molecular weight excluding hydrogens is 841 g/mol. The van der Waals surface area contributed by atoms with Crippen LogP contribution in [0.25, 0.3) is 0 Å². The molecule has 0 unspecified atom stereocenters. The average Bonchev–Trinajstić information content (AvgIpc) is 3.19. The van der Waals surface area contributed by atoms with Gasteiger partial charge in [-0.2, -0.15) is 0 Å². The van der Waals surface area contributed by atoms with Crippen LogP contribution < -0.4 is 23.6 Å². The van der Waals surface area contributed by atoms with E-state index in [1.54, 1.807) is 41.6 Å². The second kappa shape index (κ2) is 21.4. The van der Waals surface area contributed by atoms with Crippen molar-refractivity contribution in [2.24, 2.45) is 0 Å². The predicted molar refractivity (Wildman–Crippen MR) is 244 cm³/mol. The van der Waals surface area contributed by atoms with Crippen LogP contribution in [0, 0.1) is 0 Å². The number of carbonyl (C=O) groups excluding carboxylic acids is 1. The third-order valence-electron chi connectivity index (χ3n) is 11.4. The van der Waals surface area contributed by atoms with E-state index in [0.29, 0.717) is 56.1 Å². The van der Waals surface area contributed by atoms with Crippen LogP contribution >= 0.6 is 0 Å². The van der Waals surface area contributed by atoms with Crippen molar-refractivity contribution in [3.05, 3.63) is 72.6 Å². The summed E-state index contributed by atoms with van der Waals surface area (Å²) in [5.74, 6) is 1.92. The van der Waals surface area contributed by atoms with Gasteiger partial charge in [0.2, 0.25) is 20.0 Å². The number of nitrogens with zero attached hydrogens (tertiary/aromatic N) is 3. The maximum Gasteiger partial charge on any atom is 0.410 e. The maximum atomic E-state index is 12.9. The molecule has 1 aromatic carbocycles. The van der Waals surface area contributed by atoms with Crippen molar-refractivity contribution in [2.45, 2.75) is 121 Å². The van der Waals surface area contributed by atoms with E-state index in [2.05, 4.69) is 92.5 Å². The molecule has 3 aromatic rings. The molecule has 0 spiro atoms. The zero-order chi connectivity index (χ0) is 45.0. The first kappa shape index (κ1) is 50.6. The minimum absolute atomic E-state index is 0.0517. The van der Waals surface area contributed by atoms with Crippen molar-refractivity contribution in [1.29, 1.82) is 0 Å². The summed E-state index contributed by atoms with van der Waals surface area (Å²) in [6, 6.07) is 16.3. The Morgan fingerprint density at radius 1 is 0.717 bits per heavy atom. The fourth-order valence-corrected chi connectivity index (χ4v) is 10.5. The Morgan fingerprint density at radius 3 is 1.52 bits per heavy atom. The number of amides is 1. The molecule has 19 heteroatoms. The van der Waals surface area contributed by atoms with Gasteiger partial charge in [-0.15, -0.1) is 0 Å². The Bertz CT molecular complexity index is 2000. The molecule has 60 heavy (non-hydrogen) atoms.